The minimum absolute atomic E-state index is 0. The lowest BCUT2D eigenvalue weighted by atomic mass is 10.1. The number of anilines is 2. The standard InChI is InChI=1S/C20H24F2N4O4.ClH.H2O/c1-2-24-7-10-5-6-25(8-10)18-14(21)16(23)13-17(15(18)22)26(11-3-4-11)9-12(19(13)27)30-20(28)29;;/h9-11,24H,2-8,23H2,1H3,(H,28,29);1H;1H2. The molecule has 1 aliphatic heterocycles. The number of pyridine rings is 1. The molecule has 2 aliphatic rings. The maximum absolute atomic E-state index is 15.7. The van der Waals surface area contributed by atoms with E-state index in [9.17, 15) is 9.59 Å². The number of nitrogen functional groups attached to an aromatic ring is 1. The van der Waals surface area contributed by atoms with Crippen LogP contribution in [0.15, 0.2) is 11.0 Å². The van der Waals surface area contributed by atoms with Crippen LogP contribution in [0.5, 0.6) is 5.75 Å². The van der Waals surface area contributed by atoms with Crippen LogP contribution in [-0.4, -0.2) is 47.5 Å². The molecule has 4 rings (SSSR count). The SMILES string of the molecule is CCNCC1CCN(c2c(F)c(N)c3c(=O)c(OC(=O)O)cn(C4CC4)c3c2F)C1.Cl.O. The van der Waals surface area contributed by atoms with Gasteiger partial charge in [-0.3, -0.25) is 4.79 Å². The molecular weight excluding hydrogens is 450 g/mol. The molecule has 0 amide bonds. The molecule has 32 heavy (non-hydrogen) atoms. The zero-order valence-electron chi connectivity index (χ0n) is 17.5. The third-order valence-corrected chi connectivity index (χ3v) is 5.75. The third kappa shape index (κ3) is 4.45. The maximum Gasteiger partial charge on any atom is 0.511 e. The minimum atomic E-state index is -1.69. The summed E-state index contributed by atoms with van der Waals surface area (Å²) in [6.45, 7) is 4.51. The zero-order chi connectivity index (χ0) is 21.6. The molecule has 1 unspecified atom stereocenters. The topological polar surface area (TPSA) is 141 Å². The number of hydrogen-bond donors (Lipinski definition) is 3. The molecule has 1 atom stereocenters. The Hall–Kier alpha value is -2.63. The van der Waals surface area contributed by atoms with Crippen molar-refractivity contribution in [2.45, 2.75) is 32.2 Å². The first kappa shape index (κ1) is 25.6. The van der Waals surface area contributed by atoms with Crippen LogP contribution in [0.1, 0.15) is 32.2 Å². The summed E-state index contributed by atoms with van der Waals surface area (Å²) in [6, 6.07) is -0.128. The molecule has 12 heteroatoms. The number of halogens is 3. The lowest BCUT2D eigenvalue weighted by molar-refractivity contribution is 0.143. The van der Waals surface area contributed by atoms with E-state index in [0.29, 0.717) is 13.1 Å². The number of ether oxygens (including phenoxy) is 1. The number of rotatable bonds is 6. The number of fused-ring (bicyclic) bond motifs is 1. The van der Waals surface area contributed by atoms with Crippen molar-refractivity contribution in [1.82, 2.24) is 9.88 Å². The van der Waals surface area contributed by atoms with Gasteiger partial charge in [0.15, 0.2) is 17.4 Å². The Kier molecular flexibility index (Phi) is 7.92. The normalized spacial score (nSPS) is 17.7. The second-order valence-corrected chi connectivity index (χ2v) is 7.85. The number of benzene rings is 1. The smallest absolute Gasteiger partial charge is 0.449 e. The van der Waals surface area contributed by atoms with Crippen LogP contribution in [0.4, 0.5) is 25.0 Å². The fourth-order valence-corrected chi connectivity index (χ4v) is 4.16. The lowest BCUT2D eigenvalue weighted by Gasteiger charge is -2.24. The number of carboxylic acid groups (broad SMARTS) is 1. The van der Waals surface area contributed by atoms with Gasteiger partial charge in [0.2, 0.25) is 5.43 Å². The fraction of sp³-hybridized carbons (Fsp3) is 0.500. The van der Waals surface area contributed by atoms with E-state index in [1.165, 1.54) is 10.8 Å². The molecule has 0 radical (unpaired) electrons. The van der Waals surface area contributed by atoms with E-state index in [1.54, 1.807) is 4.90 Å². The van der Waals surface area contributed by atoms with Crippen LogP contribution in [0.2, 0.25) is 0 Å². The summed E-state index contributed by atoms with van der Waals surface area (Å²) in [5, 5.41) is 11.8. The summed E-state index contributed by atoms with van der Waals surface area (Å²) in [5.41, 5.74) is 4.18. The predicted molar refractivity (Wildman–Crippen MR) is 119 cm³/mol. The van der Waals surface area contributed by atoms with Crippen molar-refractivity contribution in [3.63, 3.8) is 0 Å². The molecule has 0 bridgehead atoms. The summed E-state index contributed by atoms with van der Waals surface area (Å²) >= 11 is 0. The van der Waals surface area contributed by atoms with Gasteiger partial charge < -0.3 is 35.8 Å². The quantitative estimate of drug-likeness (QED) is 0.429. The molecule has 2 heterocycles. The summed E-state index contributed by atoms with van der Waals surface area (Å²) in [5.74, 6) is -2.13. The second kappa shape index (κ2) is 9.88. The zero-order valence-corrected chi connectivity index (χ0v) is 18.3. The predicted octanol–water partition coefficient (Wildman–Crippen LogP) is 2.29. The molecule has 178 valence electrons. The molecule has 9 nitrogen and oxygen atoms in total. The van der Waals surface area contributed by atoms with Crippen LogP contribution in [0.3, 0.4) is 0 Å². The van der Waals surface area contributed by atoms with Gasteiger partial charge in [-0.05, 0) is 38.3 Å². The monoisotopic (exact) mass is 476 g/mol. The molecule has 6 N–H and O–H groups in total. The van der Waals surface area contributed by atoms with Crippen molar-refractivity contribution in [2.24, 2.45) is 5.92 Å². The average molecular weight is 477 g/mol. The molecule has 2 aromatic rings. The first-order valence-corrected chi connectivity index (χ1v) is 10.0. The van der Waals surface area contributed by atoms with Crippen LogP contribution >= 0.6 is 12.4 Å². The van der Waals surface area contributed by atoms with E-state index >= 15 is 8.78 Å². The Morgan fingerprint density at radius 3 is 2.59 bits per heavy atom. The number of hydrogen-bond acceptors (Lipinski definition) is 6. The molecule has 1 saturated heterocycles. The van der Waals surface area contributed by atoms with Gasteiger partial charge in [-0.15, -0.1) is 12.4 Å². The second-order valence-electron chi connectivity index (χ2n) is 7.85. The van der Waals surface area contributed by atoms with Crippen LogP contribution < -0.4 is 26.1 Å². The van der Waals surface area contributed by atoms with Gasteiger partial charge in [0.1, 0.15) is 5.69 Å². The summed E-state index contributed by atoms with van der Waals surface area (Å²) in [4.78, 5) is 25.3. The lowest BCUT2D eigenvalue weighted by Crippen LogP contribution is -2.28. The van der Waals surface area contributed by atoms with E-state index in [1.807, 2.05) is 6.92 Å². The summed E-state index contributed by atoms with van der Waals surface area (Å²) < 4.78 is 36.9. The highest BCUT2D eigenvalue weighted by Crippen LogP contribution is 2.43. The van der Waals surface area contributed by atoms with Gasteiger partial charge in [0.05, 0.1) is 22.8 Å². The van der Waals surface area contributed by atoms with E-state index in [4.69, 9.17) is 10.8 Å². The van der Waals surface area contributed by atoms with Gasteiger partial charge in [-0.2, -0.15) is 0 Å². The van der Waals surface area contributed by atoms with Crippen LogP contribution in [0, 0.1) is 17.6 Å². The number of nitrogens with one attached hydrogen (secondary N) is 1. The van der Waals surface area contributed by atoms with Gasteiger partial charge >= 0.3 is 6.16 Å². The average Bonchev–Trinajstić information content (AvgIpc) is 3.44. The molecular formula is C20H27ClF2N4O5. The highest BCUT2D eigenvalue weighted by Gasteiger charge is 2.34. The first-order chi connectivity index (χ1) is 14.3. The Morgan fingerprint density at radius 2 is 2.00 bits per heavy atom. The summed E-state index contributed by atoms with van der Waals surface area (Å²) in [6.07, 6.45) is 1.73. The van der Waals surface area contributed by atoms with Gasteiger partial charge in [-0.25, -0.2) is 13.6 Å². The minimum Gasteiger partial charge on any atom is -0.449 e. The highest BCUT2D eigenvalue weighted by atomic mass is 35.5. The molecule has 1 aromatic heterocycles. The molecule has 1 aromatic carbocycles. The molecule has 0 spiro atoms. The number of carbonyl (C=O) groups is 1. The molecule has 1 saturated carbocycles. The Bertz CT molecular complexity index is 1080. The molecule has 2 fully saturated rings. The first-order valence-electron chi connectivity index (χ1n) is 10.0. The summed E-state index contributed by atoms with van der Waals surface area (Å²) in [7, 11) is 0. The third-order valence-electron chi connectivity index (χ3n) is 5.75. The largest absolute Gasteiger partial charge is 0.511 e. The van der Waals surface area contributed by atoms with Gasteiger partial charge in [0.25, 0.3) is 0 Å². The van der Waals surface area contributed by atoms with E-state index in [2.05, 4.69) is 10.1 Å². The van der Waals surface area contributed by atoms with Crippen molar-refractivity contribution in [3.8, 4) is 5.75 Å². The number of aromatic nitrogens is 1. The van der Waals surface area contributed by atoms with Crippen molar-refractivity contribution < 1.29 is 28.9 Å². The van der Waals surface area contributed by atoms with E-state index < -0.39 is 34.7 Å². The Balaban J connectivity index is 0.00000181. The maximum atomic E-state index is 15.7. The van der Waals surface area contributed by atoms with Crippen LogP contribution in [-0.2, 0) is 0 Å². The molecule has 1 aliphatic carbocycles. The van der Waals surface area contributed by atoms with Crippen molar-refractivity contribution >= 4 is 40.8 Å². The van der Waals surface area contributed by atoms with Gasteiger partial charge in [0, 0.05) is 19.1 Å². The Morgan fingerprint density at radius 1 is 1.31 bits per heavy atom. The van der Waals surface area contributed by atoms with Crippen molar-refractivity contribution in [3.05, 3.63) is 28.1 Å². The fourth-order valence-electron chi connectivity index (χ4n) is 4.16. The van der Waals surface area contributed by atoms with Crippen molar-refractivity contribution in [1.29, 1.82) is 0 Å². The van der Waals surface area contributed by atoms with Crippen molar-refractivity contribution in [2.75, 3.05) is 36.8 Å². The van der Waals surface area contributed by atoms with E-state index in [-0.39, 0.29) is 46.4 Å². The highest BCUT2D eigenvalue weighted by molar-refractivity contribution is 5.96. The van der Waals surface area contributed by atoms with E-state index in [0.717, 1.165) is 32.4 Å². The Labute approximate surface area is 188 Å². The van der Waals surface area contributed by atoms with Gasteiger partial charge in [-0.1, -0.05) is 6.92 Å². The van der Waals surface area contributed by atoms with Crippen LogP contribution in [0.25, 0.3) is 10.9 Å². The number of nitrogens with zero attached hydrogens (tertiary/aromatic N) is 2. The number of nitrogens with two attached hydrogens (primary N) is 1.